The predicted molar refractivity (Wildman–Crippen MR) is 69.4 cm³/mol. The van der Waals surface area contributed by atoms with Crippen molar-refractivity contribution in [2.75, 3.05) is 19.8 Å². The number of benzene rings is 1. The van der Waals surface area contributed by atoms with Gasteiger partial charge in [-0.3, -0.25) is 14.9 Å². The lowest BCUT2D eigenvalue weighted by atomic mass is 9.88. The molecule has 1 aliphatic rings. The molecule has 7 heteroatoms. The predicted octanol–water partition coefficient (Wildman–Crippen LogP) is 2.01. The molecule has 1 saturated heterocycles. The van der Waals surface area contributed by atoms with E-state index in [9.17, 15) is 14.9 Å². The number of amides is 1. The number of nitrogens with one attached hydrogen (secondary N) is 1. The summed E-state index contributed by atoms with van der Waals surface area (Å²) in [5.74, 6) is -0.376. The zero-order chi connectivity index (χ0) is 14.0. The van der Waals surface area contributed by atoms with Crippen LogP contribution in [0.5, 0.6) is 0 Å². The highest BCUT2D eigenvalue weighted by molar-refractivity contribution is 6.31. The number of carbonyl (C=O) groups excluding carboxylic acids is 1. The van der Waals surface area contributed by atoms with E-state index in [1.165, 1.54) is 18.2 Å². The van der Waals surface area contributed by atoms with Gasteiger partial charge in [0.2, 0.25) is 0 Å². The quantitative estimate of drug-likeness (QED) is 0.677. The highest BCUT2D eigenvalue weighted by atomic mass is 35.5. The molecule has 1 aromatic carbocycles. The zero-order valence-electron chi connectivity index (χ0n) is 10.3. The van der Waals surface area contributed by atoms with E-state index in [1.54, 1.807) is 0 Å². The molecule has 1 heterocycles. The number of carbonyl (C=O) groups is 1. The minimum atomic E-state index is -0.580. The minimum absolute atomic E-state index is 0.0554. The van der Waals surface area contributed by atoms with E-state index < -0.39 is 4.92 Å². The molecular formula is C12H13ClN2O4. The molecule has 0 spiro atoms. The van der Waals surface area contributed by atoms with Crippen LogP contribution in [0.2, 0.25) is 5.02 Å². The Labute approximate surface area is 114 Å². The number of non-ortho nitro benzene ring substituents is 1. The van der Waals surface area contributed by atoms with E-state index in [0.29, 0.717) is 19.8 Å². The molecule has 0 bridgehead atoms. The first-order valence-electron chi connectivity index (χ1n) is 5.71. The van der Waals surface area contributed by atoms with E-state index >= 15 is 0 Å². The normalized spacial score (nSPS) is 16.5. The summed E-state index contributed by atoms with van der Waals surface area (Å²) in [5, 5.41) is 13.6. The van der Waals surface area contributed by atoms with Gasteiger partial charge in [-0.25, -0.2) is 0 Å². The van der Waals surface area contributed by atoms with Gasteiger partial charge in [0.1, 0.15) is 0 Å². The summed E-state index contributed by atoms with van der Waals surface area (Å²) >= 11 is 5.76. The van der Waals surface area contributed by atoms with E-state index in [4.69, 9.17) is 16.3 Å². The van der Waals surface area contributed by atoms with Crippen LogP contribution in [0.4, 0.5) is 5.69 Å². The molecule has 1 aromatic rings. The Morgan fingerprint density at radius 3 is 2.74 bits per heavy atom. The molecule has 0 aromatic heterocycles. The van der Waals surface area contributed by atoms with Crippen LogP contribution < -0.4 is 5.32 Å². The van der Waals surface area contributed by atoms with E-state index in [0.717, 1.165) is 0 Å². The molecule has 0 unspecified atom stereocenters. The van der Waals surface area contributed by atoms with E-state index in [1.807, 2.05) is 6.92 Å². The van der Waals surface area contributed by atoms with Gasteiger partial charge in [-0.15, -0.1) is 0 Å². The molecule has 0 saturated carbocycles. The third kappa shape index (κ3) is 3.21. The monoisotopic (exact) mass is 284 g/mol. The third-order valence-corrected chi connectivity index (χ3v) is 3.15. The van der Waals surface area contributed by atoms with Crippen LogP contribution in [-0.4, -0.2) is 30.6 Å². The summed E-state index contributed by atoms with van der Waals surface area (Å²) in [6.45, 7) is 3.66. The van der Waals surface area contributed by atoms with E-state index in [2.05, 4.69) is 5.32 Å². The van der Waals surface area contributed by atoms with Crippen LogP contribution in [0.25, 0.3) is 0 Å². The Balaban J connectivity index is 2.08. The molecular weight excluding hydrogens is 272 g/mol. The van der Waals surface area contributed by atoms with Crippen LogP contribution in [0.15, 0.2) is 18.2 Å². The van der Waals surface area contributed by atoms with Gasteiger partial charge in [-0.05, 0) is 6.07 Å². The van der Waals surface area contributed by atoms with E-state index in [-0.39, 0.29) is 27.6 Å². The molecule has 19 heavy (non-hydrogen) atoms. The van der Waals surface area contributed by atoms with Crippen molar-refractivity contribution < 1.29 is 14.5 Å². The summed E-state index contributed by atoms with van der Waals surface area (Å²) in [7, 11) is 0. The molecule has 2 rings (SSSR count). The molecule has 0 radical (unpaired) electrons. The Bertz CT molecular complexity index is 528. The van der Waals surface area contributed by atoms with Crippen molar-refractivity contribution in [1.82, 2.24) is 5.32 Å². The lowest BCUT2D eigenvalue weighted by Gasteiger charge is -2.38. The number of rotatable bonds is 4. The van der Waals surface area contributed by atoms with Crippen LogP contribution in [0.1, 0.15) is 17.3 Å². The largest absolute Gasteiger partial charge is 0.380 e. The summed E-state index contributed by atoms with van der Waals surface area (Å²) in [6.07, 6.45) is 0. The van der Waals surface area contributed by atoms with Crippen molar-refractivity contribution in [3.8, 4) is 0 Å². The van der Waals surface area contributed by atoms with Crippen molar-refractivity contribution >= 4 is 23.2 Å². The third-order valence-electron chi connectivity index (χ3n) is 2.93. The molecule has 1 fully saturated rings. The van der Waals surface area contributed by atoms with Crippen molar-refractivity contribution in [2.45, 2.75) is 6.92 Å². The number of hydrogen-bond acceptors (Lipinski definition) is 4. The number of halogens is 1. The fraction of sp³-hybridized carbons (Fsp3) is 0.417. The average molecular weight is 285 g/mol. The highest BCUT2D eigenvalue weighted by Crippen LogP contribution is 2.25. The standard InChI is InChI=1S/C12H13ClN2O4/c1-12(6-19-7-12)5-14-11(16)8-2-9(13)4-10(3-8)15(17)18/h2-4H,5-7H2,1H3,(H,14,16). The Kier molecular flexibility index (Phi) is 3.73. The number of ether oxygens (including phenoxy) is 1. The van der Waals surface area contributed by atoms with Crippen LogP contribution in [0, 0.1) is 15.5 Å². The number of nitrogens with zero attached hydrogens (tertiary/aromatic N) is 1. The average Bonchev–Trinajstić information content (AvgIpc) is 2.32. The first kappa shape index (κ1) is 13.8. The van der Waals surface area contributed by atoms with Crippen molar-refractivity contribution in [1.29, 1.82) is 0 Å². The fourth-order valence-corrected chi connectivity index (χ4v) is 1.99. The number of nitro groups is 1. The van der Waals surface area contributed by atoms with Crippen molar-refractivity contribution in [2.24, 2.45) is 5.41 Å². The van der Waals surface area contributed by atoms with Gasteiger partial charge >= 0.3 is 0 Å². The maximum absolute atomic E-state index is 11.9. The number of hydrogen-bond donors (Lipinski definition) is 1. The maximum Gasteiger partial charge on any atom is 0.271 e. The summed E-state index contributed by atoms with van der Waals surface area (Å²) in [5.41, 5.74) is -0.0703. The second-order valence-electron chi connectivity index (χ2n) is 4.94. The Morgan fingerprint density at radius 1 is 1.53 bits per heavy atom. The Morgan fingerprint density at radius 2 is 2.21 bits per heavy atom. The second-order valence-corrected chi connectivity index (χ2v) is 5.38. The van der Waals surface area contributed by atoms with Crippen molar-refractivity contribution in [3.05, 3.63) is 38.9 Å². The smallest absolute Gasteiger partial charge is 0.271 e. The molecule has 1 amide bonds. The SMILES string of the molecule is CC1(CNC(=O)c2cc(Cl)cc([N+](=O)[O-])c2)COC1. The minimum Gasteiger partial charge on any atom is -0.380 e. The van der Waals surface area contributed by atoms with Gasteiger partial charge in [-0.1, -0.05) is 18.5 Å². The molecule has 1 aliphatic heterocycles. The summed E-state index contributed by atoms with van der Waals surface area (Å²) < 4.78 is 5.08. The Hall–Kier alpha value is -1.66. The van der Waals surface area contributed by atoms with Crippen LogP contribution in [-0.2, 0) is 4.74 Å². The highest BCUT2D eigenvalue weighted by Gasteiger charge is 2.33. The first-order chi connectivity index (χ1) is 8.89. The molecule has 102 valence electrons. The summed E-state index contributed by atoms with van der Waals surface area (Å²) in [4.78, 5) is 22.0. The molecule has 0 atom stereocenters. The molecule has 1 N–H and O–H groups in total. The topological polar surface area (TPSA) is 81.5 Å². The van der Waals surface area contributed by atoms with Crippen molar-refractivity contribution in [3.63, 3.8) is 0 Å². The second kappa shape index (κ2) is 5.14. The van der Waals surface area contributed by atoms with Gasteiger partial charge in [0.25, 0.3) is 11.6 Å². The fourth-order valence-electron chi connectivity index (χ4n) is 1.76. The maximum atomic E-state index is 11.9. The molecule has 6 nitrogen and oxygen atoms in total. The number of nitro benzene ring substituents is 1. The van der Waals surface area contributed by atoms with Gasteiger partial charge in [-0.2, -0.15) is 0 Å². The van der Waals surface area contributed by atoms with Crippen LogP contribution in [0.3, 0.4) is 0 Å². The lowest BCUT2D eigenvalue weighted by Crippen LogP contribution is -2.48. The molecule has 0 aliphatic carbocycles. The van der Waals surface area contributed by atoms with Gasteiger partial charge in [0.05, 0.1) is 18.1 Å². The first-order valence-corrected chi connectivity index (χ1v) is 6.08. The van der Waals surface area contributed by atoms with Crippen LogP contribution >= 0.6 is 11.6 Å². The summed E-state index contributed by atoms with van der Waals surface area (Å²) in [6, 6.07) is 3.82. The van der Waals surface area contributed by atoms with Gasteiger partial charge < -0.3 is 10.1 Å². The lowest BCUT2D eigenvalue weighted by molar-refractivity contribution is -0.384. The van der Waals surface area contributed by atoms with Gasteiger partial charge in [0, 0.05) is 34.7 Å². The zero-order valence-corrected chi connectivity index (χ0v) is 11.1. The van der Waals surface area contributed by atoms with Gasteiger partial charge in [0.15, 0.2) is 0 Å².